The highest BCUT2D eigenvalue weighted by Gasteiger charge is 2.13. The van der Waals surface area contributed by atoms with Crippen molar-refractivity contribution in [3.63, 3.8) is 0 Å². The van der Waals surface area contributed by atoms with Crippen molar-refractivity contribution < 1.29 is 14.4 Å². The summed E-state index contributed by atoms with van der Waals surface area (Å²) in [6, 6.07) is 7.04. The van der Waals surface area contributed by atoms with Crippen LogP contribution in [0.25, 0.3) is 11.3 Å². The first-order chi connectivity index (χ1) is 8.49. The third-order valence-electron chi connectivity index (χ3n) is 2.44. The Morgan fingerprint density at radius 1 is 1.39 bits per heavy atom. The minimum atomic E-state index is -1.10. The Morgan fingerprint density at radius 2 is 2.11 bits per heavy atom. The Hall–Kier alpha value is -1.82. The normalized spacial score (nSPS) is 10.4. The zero-order chi connectivity index (χ0) is 13.3. The summed E-state index contributed by atoms with van der Waals surface area (Å²) >= 11 is 3.46. The molecule has 2 rings (SSSR count). The van der Waals surface area contributed by atoms with Gasteiger partial charge in [-0.05, 0) is 34.1 Å². The van der Waals surface area contributed by atoms with Crippen LogP contribution in [0.1, 0.15) is 10.5 Å². The first-order valence-electron chi connectivity index (χ1n) is 5.16. The van der Waals surface area contributed by atoms with E-state index in [0.29, 0.717) is 5.76 Å². The lowest BCUT2D eigenvalue weighted by Gasteiger charge is -2.14. The SMILES string of the molecule is CN(C)c1ccc(-c2cc(C(=O)O)no2)cc1Br. The summed E-state index contributed by atoms with van der Waals surface area (Å²) in [5, 5.41) is 12.3. The van der Waals surface area contributed by atoms with E-state index in [-0.39, 0.29) is 5.69 Å². The van der Waals surface area contributed by atoms with Crippen LogP contribution in [-0.2, 0) is 0 Å². The highest BCUT2D eigenvalue weighted by atomic mass is 79.9. The van der Waals surface area contributed by atoms with Crippen molar-refractivity contribution in [3.05, 3.63) is 34.4 Å². The molecule has 6 heteroatoms. The number of hydrogen-bond acceptors (Lipinski definition) is 4. The summed E-state index contributed by atoms with van der Waals surface area (Å²) in [5.74, 6) is -0.674. The molecule has 0 aliphatic rings. The summed E-state index contributed by atoms with van der Waals surface area (Å²) < 4.78 is 5.90. The molecule has 1 N–H and O–H groups in total. The standard InChI is InChI=1S/C12H11BrN2O3/c1-15(2)10-4-3-7(5-8(10)13)11-6-9(12(16)17)14-18-11/h3-6H,1-2H3,(H,16,17). The van der Waals surface area contributed by atoms with Crippen molar-refractivity contribution in [2.45, 2.75) is 0 Å². The highest BCUT2D eigenvalue weighted by molar-refractivity contribution is 9.10. The molecule has 0 fully saturated rings. The van der Waals surface area contributed by atoms with Gasteiger partial charge in [0.25, 0.3) is 0 Å². The molecule has 0 saturated carbocycles. The molecular weight excluding hydrogens is 300 g/mol. The molecule has 2 aromatic rings. The van der Waals surface area contributed by atoms with Crippen molar-refractivity contribution in [1.82, 2.24) is 5.16 Å². The first-order valence-corrected chi connectivity index (χ1v) is 5.95. The molecule has 0 bridgehead atoms. The number of halogens is 1. The zero-order valence-corrected chi connectivity index (χ0v) is 11.4. The molecule has 0 amide bonds. The van der Waals surface area contributed by atoms with Crippen LogP contribution in [0.15, 0.2) is 33.3 Å². The van der Waals surface area contributed by atoms with Gasteiger partial charge >= 0.3 is 5.97 Å². The summed E-state index contributed by atoms with van der Waals surface area (Å²) in [6.07, 6.45) is 0. The Bertz CT molecular complexity index is 593. The van der Waals surface area contributed by atoms with Gasteiger partial charge in [-0.25, -0.2) is 4.79 Å². The van der Waals surface area contributed by atoms with Crippen molar-refractivity contribution in [1.29, 1.82) is 0 Å². The predicted molar refractivity (Wildman–Crippen MR) is 70.9 cm³/mol. The van der Waals surface area contributed by atoms with Gasteiger partial charge in [0.2, 0.25) is 0 Å². The molecule has 0 spiro atoms. The van der Waals surface area contributed by atoms with Gasteiger partial charge < -0.3 is 14.5 Å². The van der Waals surface area contributed by atoms with Crippen LogP contribution in [-0.4, -0.2) is 30.3 Å². The van der Waals surface area contributed by atoms with Crippen LogP contribution in [0.4, 0.5) is 5.69 Å². The monoisotopic (exact) mass is 310 g/mol. The molecule has 18 heavy (non-hydrogen) atoms. The minimum absolute atomic E-state index is 0.0993. The van der Waals surface area contributed by atoms with E-state index in [0.717, 1.165) is 15.7 Å². The smallest absolute Gasteiger partial charge is 0.358 e. The number of anilines is 1. The molecule has 1 aromatic carbocycles. The van der Waals surface area contributed by atoms with E-state index in [4.69, 9.17) is 9.63 Å². The molecule has 1 heterocycles. The molecule has 0 unspecified atom stereocenters. The molecular formula is C12H11BrN2O3. The number of benzene rings is 1. The fourth-order valence-corrected chi connectivity index (χ4v) is 2.27. The molecule has 0 aliphatic heterocycles. The first kappa shape index (κ1) is 12.6. The van der Waals surface area contributed by atoms with E-state index in [1.54, 1.807) is 0 Å². The van der Waals surface area contributed by atoms with Crippen LogP contribution in [0.3, 0.4) is 0 Å². The van der Waals surface area contributed by atoms with Crippen molar-refractivity contribution >= 4 is 27.6 Å². The van der Waals surface area contributed by atoms with Gasteiger partial charge in [0.1, 0.15) is 0 Å². The van der Waals surface area contributed by atoms with Crippen LogP contribution < -0.4 is 4.90 Å². The van der Waals surface area contributed by atoms with Gasteiger partial charge in [-0.2, -0.15) is 0 Å². The maximum atomic E-state index is 10.7. The van der Waals surface area contributed by atoms with Crippen LogP contribution >= 0.6 is 15.9 Å². The highest BCUT2D eigenvalue weighted by Crippen LogP contribution is 2.30. The van der Waals surface area contributed by atoms with Gasteiger partial charge in [-0.3, -0.25) is 0 Å². The summed E-state index contributed by atoms with van der Waals surface area (Å²) in [5.41, 5.74) is 1.70. The number of rotatable bonds is 3. The Labute approximate surface area is 112 Å². The number of aromatic nitrogens is 1. The zero-order valence-electron chi connectivity index (χ0n) is 9.85. The fourth-order valence-electron chi connectivity index (χ4n) is 1.53. The number of carboxylic acid groups (broad SMARTS) is 1. The summed E-state index contributed by atoms with van der Waals surface area (Å²) in [6.45, 7) is 0. The average Bonchev–Trinajstić information content (AvgIpc) is 2.77. The number of nitrogens with zero attached hydrogens (tertiary/aromatic N) is 2. The summed E-state index contributed by atoms with van der Waals surface area (Å²) in [4.78, 5) is 12.7. The lowest BCUT2D eigenvalue weighted by Crippen LogP contribution is -2.08. The maximum absolute atomic E-state index is 10.7. The van der Waals surface area contributed by atoms with E-state index in [2.05, 4.69) is 21.1 Å². The quantitative estimate of drug-likeness (QED) is 0.944. The minimum Gasteiger partial charge on any atom is -0.476 e. The average molecular weight is 311 g/mol. The second-order valence-electron chi connectivity index (χ2n) is 3.94. The fraction of sp³-hybridized carbons (Fsp3) is 0.167. The Balaban J connectivity index is 2.39. The van der Waals surface area contributed by atoms with Gasteiger partial charge in [0, 0.05) is 30.2 Å². The third-order valence-corrected chi connectivity index (χ3v) is 3.08. The molecule has 1 aromatic heterocycles. The third kappa shape index (κ3) is 2.38. The van der Waals surface area contributed by atoms with E-state index in [9.17, 15) is 4.79 Å². The molecule has 0 radical (unpaired) electrons. The lowest BCUT2D eigenvalue weighted by atomic mass is 10.1. The number of carboxylic acids is 1. The Kier molecular flexibility index (Phi) is 3.38. The van der Waals surface area contributed by atoms with Gasteiger partial charge in [0.15, 0.2) is 11.5 Å². The van der Waals surface area contributed by atoms with E-state index in [1.807, 2.05) is 37.2 Å². The Morgan fingerprint density at radius 3 is 2.61 bits per heavy atom. The molecule has 0 atom stereocenters. The van der Waals surface area contributed by atoms with Crippen LogP contribution in [0.5, 0.6) is 0 Å². The van der Waals surface area contributed by atoms with Gasteiger partial charge in [0.05, 0.1) is 5.69 Å². The lowest BCUT2D eigenvalue weighted by molar-refractivity contribution is 0.0686. The topological polar surface area (TPSA) is 66.6 Å². The second kappa shape index (κ2) is 4.81. The maximum Gasteiger partial charge on any atom is 0.358 e. The second-order valence-corrected chi connectivity index (χ2v) is 4.80. The largest absolute Gasteiger partial charge is 0.476 e. The van der Waals surface area contributed by atoms with Crippen molar-refractivity contribution in [2.75, 3.05) is 19.0 Å². The molecule has 0 aliphatic carbocycles. The van der Waals surface area contributed by atoms with E-state index < -0.39 is 5.97 Å². The van der Waals surface area contributed by atoms with Crippen molar-refractivity contribution in [3.8, 4) is 11.3 Å². The van der Waals surface area contributed by atoms with Gasteiger partial charge in [-0.15, -0.1) is 0 Å². The van der Waals surface area contributed by atoms with Crippen molar-refractivity contribution in [2.24, 2.45) is 0 Å². The molecule has 0 saturated heterocycles. The number of aromatic carboxylic acids is 1. The predicted octanol–water partition coefficient (Wildman–Crippen LogP) is 2.87. The summed E-state index contributed by atoms with van der Waals surface area (Å²) in [7, 11) is 3.88. The molecule has 5 nitrogen and oxygen atoms in total. The van der Waals surface area contributed by atoms with E-state index in [1.165, 1.54) is 6.07 Å². The number of hydrogen-bond donors (Lipinski definition) is 1. The molecule has 94 valence electrons. The van der Waals surface area contributed by atoms with Crippen LogP contribution in [0, 0.1) is 0 Å². The van der Waals surface area contributed by atoms with Crippen LogP contribution in [0.2, 0.25) is 0 Å². The van der Waals surface area contributed by atoms with E-state index >= 15 is 0 Å². The number of carbonyl (C=O) groups is 1. The van der Waals surface area contributed by atoms with Gasteiger partial charge in [-0.1, -0.05) is 5.16 Å².